The maximum Gasteiger partial charge on any atom is 0.231 e. The Hall–Kier alpha value is -4.99. The lowest BCUT2D eigenvalue weighted by Gasteiger charge is -2.25. The lowest BCUT2D eigenvalue weighted by atomic mass is 9.92. The number of hydrogen-bond acceptors (Lipinski definition) is 10. The zero-order chi connectivity index (χ0) is 42.7. The molecule has 2 N–H and O–H groups in total. The first-order chi connectivity index (χ1) is 29.1. The summed E-state index contributed by atoms with van der Waals surface area (Å²) in [6.45, 7) is 9.96. The monoisotopic (exact) mass is 870 g/mol. The van der Waals surface area contributed by atoms with E-state index in [1.54, 1.807) is 6.07 Å². The van der Waals surface area contributed by atoms with Crippen LogP contribution < -0.4 is 28.4 Å². The largest absolute Gasteiger partial charge is 0.454 e. The normalized spacial score (nSPS) is 26.5. The van der Waals surface area contributed by atoms with E-state index in [4.69, 9.17) is 18.9 Å². The Morgan fingerprint density at radius 1 is 0.623 bits per heavy atom. The number of amides is 1. The smallest absolute Gasteiger partial charge is 0.231 e. The average molecular weight is 871 g/mol. The zero-order valence-electron chi connectivity index (χ0n) is 35.1. The number of nitrogens with one attached hydrogen (secondary N) is 2. The summed E-state index contributed by atoms with van der Waals surface area (Å²) in [4.78, 5) is 17.3. The van der Waals surface area contributed by atoms with Gasteiger partial charge >= 0.3 is 0 Å². The molecule has 4 aromatic rings. The number of hydrogen-bond donors (Lipinski definition) is 2. The highest BCUT2D eigenvalue weighted by atomic mass is 32.2. The third kappa shape index (κ3) is 8.61. The van der Waals surface area contributed by atoms with Gasteiger partial charge in [0.2, 0.25) is 39.5 Å². The van der Waals surface area contributed by atoms with Gasteiger partial charge in [0.05, 0.1) is 12.5 Å². The molecule has 4 aliphatic heterocycles. The number of sulfonamides is 2. The number of anilines is 2. The molecule has 0 radical (unpaired) electrons. The van der Waals surface area contributed by atoms with Crippen LogP contribution >= 0.6 is 0 Å². The quantitative estimate of drug-likeness (QED) is 0.164. The number of carbonyl (C=O) groups is 1. The summed E-state index contributed by atoms with van der Waals surface area (Å²) in [7, 11) is -6.56. The summed E-state index contributed by atoms with van der Waals surface area (Å²) in [5, 5.41) is 0. The van der Waals surface area contributed by atoms with Crippen LogP contribution in [0.5, 0.6) is 23.0 Å². The van der Waals surface area contributed by atoms with E-state index in [9.17, 15) is 21.6 Å². The SMILES string of the molecule is CC1(c2cccc(NS(C)(=O)=O)c2)C2CN(C(=O)CCc3ccc4c(c3)OCO4)CC21.CC1(c2cccc(NS(C)(=O)=O)c2)C2CN(CCCc3ccc4c(c3)OCO4)CC21. The van der Waals surface area contributed by atoms with E-state index in [1.807, 2.05) is 59.5 Å². The van der Waals surface area contributed by atoms with Crippen LogP contribution in [0, 0.1) is 23.7 Å². The second kappa shape index (κ2) is 15.7. The van der Waals surface area contributed by atoms with Gasteiger partial charge < -0.3 is 28.7 Å². The fraction of sp³-hybridized carbons (Fsp3) is 0.457. The van der Waals surface area contributed by atoms with Gasteiger partial charge in [-0.2, -0.15) is 0 Å². The van der Waals surface area contributed by atoms with Crippen LogP contribution in [0.3, 0.4) is 0 Å². The number of rotatable bonds is 13. The fourth-order valence-corrected chi connectivity index (χ4v) is 11.6. The number of aryl methyl sites for hydroxylation is 2. The lowest BCUT2D eigenvalue weighted by molar-refractivity contribution is -0.130. The van der Waals surface area contributed by atoms with Crippen molar-refractivity contribution in [2.24, 2.45) is 23.7 Å². The molecule has 10 rings (SSSR count). The van der Waals surface area contributed by atoms with E-state index in [2.05, 4.69) is 52.5 Å². The Kier molecular flexibility index (Phi) is 10.7. The predicted molar refractivity (Wildman–Crippen MR) is 233 cm³/mol. The van der Waals surface area contributed by atoms with Gasteiger partial charge in [0.1, 0.15) is 0 Å². The number of carbonyl (C=O) groups excluding carboxylic acids is 1. The van der Waals surface area contributed by atoms with Gasteiger partial charge in [-0.3, -0.25) is 14.2 Å². The first-order valence-corrected chi connectivity index (χ1v) is 24.8. The Labute approximate surface area is 358 Å². The van der Waals surface area contributed by atoms with Crippen molar-refractivity contribution in [3.63, 3.8) is 0 Å². The van der Waals surface area contributed by atoms with Crippen molar-refractivity contribution in [3.05, 3.63) is 107 Å². The van der Waals surface area contributed by atoms with Crippen LogP contribution in [-0.2, 0) is 48.5 Å². The van der Waals surface area contributed by atoms with Gasteiger partial charge in [0.15, 0.2) is 23.0 Å². The molecule has 0 aromatic heterocycles. The maximum absolute atomic E-state index is 12.8. The van der Waals surface area contributed by atoms with Crippen molar-refractivity contribution >= 4 is 37.3 Å². The summed E-state index contributed by atoms with van der Waals surface area (Å²) >= 11 is 0. The summed E-state index contributed by atoms with van der Waals surface area (Å²) in [6, 6.07) is 27.6. The van der Waals surface area contributed by atoms with Crippen LogP contribution in [0.1, 0.15) is 48.9 Å². The van der Waals surface area contributed by atoms with E-state index in [1.165, 1.54) is 17.4 Å². The van der Waals surface area contributed by atoms with Gasteiger partial charge in [-0.15, -0.1) is 0 Å². The van der Waals surface area contributed by atoms with Gasteiger partial charge in [0.25, 0.3) is 0 Å². The van der Waals surface area contributed by atoms with Crippen molar-refractivity contribution in [1.29, 1.82) is 0 Å². The number of ether oxygens (including phenoxy) is 4. The summed E-state index contributed by atoms with van der Waals surface area (Å²) in [5.41, 5.74) is 6.12. The minimum Gasteiger partial charge on any atom is -0.454 e. The molecule has 6 aliphatic rings. The highest BCUT2D eigenvalue weighted by Gasteiger charge is 2.66. The number of nitrogens with zero attached hydrogens (tertiary/aromatic N) is 2. The molecule has 4 heterocycles. The predicted octanol–water partition coefficient (Wildman–Crippen LogP) is 6.00. The molecule has 324 valence electrons. The van der Waals surface area contributed by atoms with Gasteiger partial charge in [0, 0.05) is 54.8 Å². The van der Waals surface area contributed by atoms with E-state index < -0.39 is 20.0 Å². The van der Waals surface area contributed by atoms with Gasteiger partial charge in [-0.05, 0) is 120 Å². The number of fused-ring (bicyclic) bond motifs is 4. The molecular weight excluding hydrogens is 817 g/mol. The third-order valence-corrected chi connectivity index (χ3v) is 15.2. The van der Waals surface area contributed by atoms with Crippen molar-refractivity contribution in [3.8, 4) is 23.0 Å². The highest BCUT2D eigenvalue weighted by molar-refractivity contribution is 7.92. The second-order valence-electron chi connectivity index (χ2n) is 17.9. The molecule has 0 bridgehead atoms. The van der Waals surface area contributed by atoms with E-state index in [-0.39, 0.29) is 23.5 Å². The average Bonchev–Trinajstić information content (AvgIpc) is 3.74. The minimum atomic E-state index is -3.31. The molecule has 0 spiro atoms. The Balaban J connectivity index is 0.000000156. The van der Waals surface area contributed by atoms with Crippen LogP contribution in [0.2, 0.25) is 0 Å². The molecule has 4 aromatic carbocycles. The van der Waals surface area contributed by atoms with Crippen LogP contribution in [0.4, 0.5) is 11.4 Å². The molecule has 4 atom stereocenters. The standard InChI is InChI=1S/C23H26N2O5S.C23H28N2O4S/c1-23(16-4-3-5-17(11-16)24-31(2,27)28)18-12-25(13-19(18)23)22(26)9-7-15-6-8-20-21(10-15)30-14-29-20;1-23(17-6-3-7-18(12-17)24-30(2,26)27)19-13-25(14-20(19)23)10-4-5-16-8-9-21-22(11-16)29-15-28-21/h3-6,8,10-11,18-19,24H,7,9,12-14H2,1-2H3;3,6-9,11-12,19-20,24H,4-5,10,13-15H2,1-2H3. The zero-order valence-corrected chi connectivity index (χ0v) is 36.7. The van der Waals surface area contributed by atoms with Crippen molar-refractivity contribution < 1.29 is 40.6 Å². The Bertz CT molecular complexity index is 2540. The summed E-state index contributed by atoms with van der Waals surface area (Å²) in [6.07, 6.45) is 5.67. The van der Waals surface area contributed by atoms with Crippen LogP contribution in [0.15, 0.2) is 84.9 Å². The number of benzene rings is 4. The molecule has 2 saturated carbocycles. The van der Waals surface area contributed by atoms with Gasteiger partial charge in [-0.1, -0.05) is 50.2 Å². The van der Waals surface area contributed by atoms with Crippen molar-refractivity contribution in [1.82, 2.24) is 9.80 Å². The lowest BCUT2D eigenvalue weighted by Crippen LogP contribution is -2.34. The molecule has 15 heteroatoms. The minimum absolute atomic E-state index is 0.0106. The highest BCUT2D eigenvalue weighted by Crippen LogP contribution is 2.64. The summed E-state index contributed by atoms with van der Waals surface area (Å²) < 4.78 is 72.9. The molecular formula is C46H54N4O9S2. The third-order valence-electron chi connectivity index (χ3n) is 13.9. The first-order valence-electron chi connectivity index (χ1n) is 21.0. The van der Waals surface area contributed by atoms with Crippen LogP contribution in [-0.4, -0.2) is 91.4 Å². The maximum atomic E-state index is 12.8. The molecule has 61 heavy (non-hydrogen) atoms. The Morgan fingerprint density at radius 3 is 1.57 bits per heavy atom. The number of likely N-dealkylation sites (tertiary alicyclic amines) is 2. The van der Waals surface area contributed by atoms with E-state index in [0.717, 1.165) is 85.9 Å². The van der Waals surface area contributed by atoms with Crippen molar-refractivity contribution in [2.75, 3.05) is 68.3 Å². The molecule has 4 fully saturated rings. The van der Waals surface area contributed by atoms with Gasteiger partial charge in [-0.25, -0.2) is 16.8 Å². The van der Waals surface area contributed by atoms with Crippen LogP contribution in [0.25, 0.3) is 0 Å². The van der Waals surface area contributed by atoms with E-state index in [0.29, 0.717) is 54.7 Å². The molecule has 2 saturated heterocycles. The second-order valence-corrected chi connectivity index (χ2v) is 21.4. The summed E-state index contributed by atoms with van der Waals surface area (Å²) in [5.74, 6) is 5.51. The Morgan fingerprint density at radius 2 is 1.08 bits per heavy atom. The molecule has 13 nitrogen and oxygen atoms in total. The molecule has 1 amide bonds. The first kappa shape index (κ1) is 41.4. The molecule has 4 unspecified atom stereocenters. The van der Waals surface area contributed by atoms with Crippen molar-refractivity contribution in [2.45, 2.75) is 50.4 Å². The van der Waals surface area contributed by atoms with E-state index >= 15 is 0 Å². The topological polar surface area (TPSA) is 153 Å². The molecule has 2 aliphatic carbocycles. The number of piperidine rings is 2. The fourth-order valence-electron chi connectivity index (χ4n) is 10.5.